The third kappa shape index (κ3) is 5.02. The van der Waals surface area contributed by atoms with Gasteiger partial charge in [0.15, 0.2) is 0 Å². The molecule has 106 valence electrons. The highest BCUT2D eigenvalue weighted by atomic mass is 32.2. The van der Waals surface area contributed by atoms with E-state index in [0.29, 0.717) is 0 Å². The van der Waals surface area contributed by atoms with Gasteiger partial charge in [-0.1, -0.05) is 19.3 Å². The van der Waals surface area contributed by atoms with E-state index in [2.05, 4.69) is 11.6 Å². The van der Waals surface area contributed by atoms with Crippen molar-refractivity contribution >= 4 is 29.4 Å². The van der Waals surface area contributed by atoms with Crippen molar-refractivity contribution < 1.29 is 4.79 Å². The molecule has 1 saturated carbocycles. The Labute approximate surface area is 119 Å². The molecule has 1 amide bonds. The van der Waals surface area contributed by atoms with Gasteiger partial charge in [-0.3, -0.25) is 4.79 Å². The molecule has 1 atom stereocenters. The molecular weight excluding hydrogens is 264 g/mol. The summed E-state index contributed by atoms with van der Waals surface area (Å²) in [7, 11) is 0. The van der Waals surface area contributed by atoms with E-state index < -0.39 is 0 Å². The topological polar surface area (TPSA) is 55.1 Å². The summed E-state index contributed by atoms with van der Waals surface area (Å²) >= 11 is 3.64. The predicted molar refractivity (Wildman–Crippen MR) is 83.3 cm³/mol. The second kappa shape index (κ2) is 8.33. The molecule has 0 heterocycles. The number of thioether (sulfide) groups is 2. The summed E-state index contributed by atoms with van der Waals surface area (Å²) in [6.45, 7) is 0.778. The molecular formula is C13H26N2OS2. The number of hydrogen-bond donors (Lipinski definition) is 2. The molecule has 1 aliphatic rings. The van der Waals surface area contributed by atoms with Crippen LogP contribution in [0.15, 0.2) is 0 Å². The average molecular weight is 290 g/mol. The molecule has 3 nitrogen and oxygen atoms in total. The Kier molecular flexibility index (Phi) is 7.49. The Morgan fingerprint density at radius 1 is 1.33 bits per heavy atom. The quantitative estimate of drug-likeness (QED) is 0.755. The smallest absolute Gasteiger partial charge is 0.236 e. The van der Waals surface area contributed by atoms with Crippen molar-refractivity contribution in [2.75, 3.05) is 24.8 Å². The van der Waals surface area contributed by atoms with Gasteiger partial charge in [-0.2, -0.15) is 23.5 Å². The van der Waals surface area contributed by atoms with Crippen molar-refractivity contribution in [2.45, 2.75) is 49.3 Å². The fraction of sp³-hybridized carbons (Fsp3) is 0.923. The van der Waals surface area contributed by atoms with Crippen LogP contribution in [0.2, 0.25) is 0 Å². The summed E-state index contributed by atoms with van der Waals surface area (Å²) in [5, 5.41) is 3.06. The summed E-state index contributed by atoms with van der Waals surface area (Å²) in [4.78, 5) is 11.9. The molecule has 0 aromatic rings. The average Bonchev–Trinajstić information content (AvgIpc) is 2.43. The van der Waals surface area contributed by atoms with Crippen LogP contribution in [0.5, 0.6) is 0 Å². The Hall–Kier alpha value is 0.130. The van der Waals surface area contributed by atoms with Crippen molar-refractivity contribution in [2.24, 2.45) is 5.73 Å². The first kappa shape index (κ1) is 16.2. The van der Waals surface area contributed by atoms with E-state index in [1.165, 1.54) is 32.1 Å². The van der Waals surface area contributed by atoms with Gasteiger partial charge in [0.2, 0.25) is 5.91 Å². The Morgan fingerprint density at radius 2 is 2.00 bits per heavy atom. The van der Waals surface area contributed by atoms with Crippen LogP contribution in [0.1, 0.15) is 38.5 Å². The zero-order valence-corrected chi connectivity index (χ0v) is 13.2. The highest BCUT2D eigenvalue weighted by Gasteiger charge is 2.31. The number of carbonyl (C=O) groups is 1. The second-order valence-electron chi connectivity index (χ2n) is 5.05. The van der Waals surface area contributed by atoms with Gasteiger partial charge >= 0.3 is 0 Å². The lowest BCUT2D eigenvalue weighted by atomic mass is 9.88. The zero-order chi connectivity index (χ0) is 13.4. The van der Waals surface area contributed by atoms with Crippen LogP contribution in [-0.2, 0) is 4.79 Å². The maximum absolute atomic E-state index is 11.9. The van der Waals surface area contributed by atoms with Crippen molar-refractivity contribution in [3.05, 3.63) is 0 Å². The Morgan fingerprint density at radius 3 is 2.56 bits per heavy atom. The van der Waals surface area contributed by atoms with Crippen molar-refractivity contribution in [1.29, 1.82) is 0 Å². The molecule has 5 heteroatoms. The summed E-state index contributed by atoms with van der Waals surface area (Å²) in [5.74, 6) is 0.963. The summed E-state index contributed by atoms with van der Waals surface area (Å²) < 4.78 is 0.257. The Bertz CT molecular complexity index is 255. The monoisotopic (exact) mass is 290 g/mol. The van der Waals surface area contributed by atoms with Crippen molar-refractivity contribution in [1.82, 2.24) is 5.32 Å². The second-order valence-corrected chi connectivity index (χ2v) is 7.31. The molecule has 1 fully saturated rings. The predicted octanol–water partition coefficient (Wildman–Crippen LogP) is 2.25. The normalized spacial score (nSPS) is 20.4. The molecule has 1 rings (SSSR count). The number of rotatable bonds is 7. The molecule has 0 radical (unpaired) electrons. The van der Waals surface area contributed by atoms with E-state index in [1.807, 2.05) is 18.0 Å². The number of hydrogen-bond acceptors (Lipinski definition) is 4. The third-order valence-electron chi connectivity index (χ3n) is 3.75. The lowest BCUT2D eigenvalue weighted by Crippen LogP contribution is -2.47. The van der Waals surface area contributed by atoms with Gasteiger partial charge in [-0.25, -0.2) is 0 Å². The zero-order valence-electron chi connectivity index (χ0n) is 11.5. The first-order chi connectivity index (χ1) is 8.63. The summed E-state index contributed by atoms with van der Waals surface area (Å²) in [5.41, 5.74) is 5.87. The van der Waals surface area contributed by atoms with Crippen LogP contribution in [0.4, 0.5) is 0 Å². The van der Waals surface area contributed by atoms with Crippen LogP contribution < -0.4 is 11.1 Å². The van der Waals surface area contributed by atoms with E-state index in [0.717, 1.165) is 18.7 Å². The van der Waals surface area contributed by atoms with Gasteiger partial charge in [0.05, 0.1) is 6.04 Å². The first-order valence-electron chi connectivity index (χ1n) is 6.71. The van der Waals surface area contributed by atoms with Crippen LogP contribution >= 0.6 is 23.5 Å². The molecule has 1 aliphatic carbocycles. The maximum atomic E-state index is 11.9. The van der Waals surface area contributed by atoms with Gasteiger partial charge in [0.25, 0.3) is 0 Å². The van der Waals surface area contributed by atoms with E-state index >= 15 is 0 Å². The molecule has 0 spiro atoms. The number of nitrogens with two attached hydrogens (primary N) is 1. The van der Waals surface area contributed by atoms with Gasteiger partial charge in [-0.05, 0) is 37.5 Å². The lowest BCUT2D eigenvalue weighted by Gasteiger charge is -2.36. The largest absolute Gasteiger partial charge is 0.353 e. The molecule has 0 bridgehead atoms. The van der Waals surface area contributed by atoms with Crippen LogP contribution in [0, 0.1) is 0 Å². The SMILES string of the molecule is CSCC[C@@H](N)C(=O)NCC1(SC)CCCCC1. The highest BCUT2D eigenvalue weighted by Crippen LogP contribution is 2.37. The minimum absolute atomic E-state index is 0.0167. The van der Waals surface area contributed by atoms with Gasteiger partial charge in [0.1, 0.15) is 0 Å². The molecule has 0 aliphatic heterocycles. The number of nitrogens with one attached hydrogen (secondary N) is 1. The van der Waals surface area contributed by atoms with Crippen molar-refractivity contribution in [3.63, 3.8) is 0 Å². The molecule has 0 unspecified atom stereocenters. The van der Waals surface area contributed by atoms with Crippen LogP contribution in [0.25, 0.3) is 0 Å². The number of amides is 1. The van der Waals surface area contributed by atoms with Crippen molar-refractivity contribution in [3.8, 4) is 0 Å². The summed E-state index contributed by atoms with van der Waals surface area (Å²) in [6.07, 6.45) is 11.3. The minimum atomic E-state index is -0.347. The van der Waals surface area contributed by atoms with Gasteiger partial charge < -0.3 is 11.1 Å². The molecule has 0 aromatic carbocycles. The maximum Gasteiger partial charge on any atom is 0.236 e. The molecule has 0 aromatic heterocycles. The minimum Gasteiger partial charge on any atom is -0.353 e. The van der Waals surface area contributed by atoms with E-state index in [-0.39, 0.29) is 16.7 Å². The lowest BCUT2D eigenvalue weighted by molar-refractivity contribution is -0.122. The summed E-state index contributed by atoms with van der Waals surface area (Å²) in [6, 6.07) is -0.347. The molecule has 0 saturated heterocycles. The fourth-order valence-corrected chi connectivity index (χ4v) is 3.81. The van der Waals surface area contributed by atoms with E-state index in [4.69, 9.17) is 5.73 Å². The van der Waals surface area contributed by atoms with Crippen LogP contribution in [0.3, 0.4) is 0 Å². The Balaban J connectivity index is 2.35. The molecule has 18 heavy (non-hydrogen) atoms. The number of carbonyl (C=O) groups excluding carboxylic acids is 1. The highest BCUT2D eigenvalue weighted by molar-refractivity contribution is 8.00. The van der Waals surface area contributed by atoms with Gasteiger partial charge in [0, 0.05) is 11.3 Å². The third-order valence-corrected chi connectivity index (χ3v) is 5.81. The van der Waals surface area contributed by atoms with Gasteiger partial charge in [-0.15, -0.1) is 0 Å². The standard InChI is InChI=1S/C13H26N2OS2/c1-17-9-6-11(14)12(16)15-10-13(18-2)7-4-3-5-8-13/h11H,3-10,14H2,1-2H3,(H,15,16)/t11-/m1/s1. The van der Waals surface area contributed by atoms with E-state index in [1.54, 1.807) is 11.8 Å². The van der Waals surface area contributed by atoms with Crippen LogP contribution in [-0.4, -0.2) is 41.5 Å². The first-order valence-corrected chi connectivity index (χ1v) is 9.33. The fourth-order valence-electron chi connectivity index (χ4n) is 2.40. The van der Waals surface area contributed by atoms with E-state index in [9.17, 15) is 4.79 Å². The molecule has 3 N–H and O–H groups in total.